The summed E-state index contributed by atoms with van der Waals surface area (Å²) in [6.07, 6.45) is 5.07. The van der Waals surface area contributed by atoms with E-state index in [1.807, 2.05) is 37.3 Å². The van der Waals surface area contributed by atoms with Gasteiger partial charge in [0.15, 0.2) is 5.70 Å². The molecule has 5 heteroatoms. The van der Waals surface area contributed by atoms with Crippen LogP contribution in [0.15, 0.2) is 65.3 Å². The number of aryl methyl sites for hydroxylation is 1. The zero-order valence-electron chi connectivity index (χ0n) is 14.4. The van der Waals surface area contributed by atoms with Crippen molar-refractivity contribution in [3.8, 4) is 5.75 Å². The van der Waals surface area contributed by atoms with Crippen molar-refractivity contribution < 1.29 is 19.1 Å². The quantitative estimate of drug-likeness (QED) is 0.477. The molecule has 0 aliphatic carbocycles. The highest BCUT2D eigenvalue weighted by molar-refractivity contribution is 6.11. The Morgan fingerprint density at radius 1 is 1.08 bits per heavy atom. The van der Waals surface area contributed by atoms with E-state index in [9.17, 15) is 9.59 Å². The van der Waals surface area contributed by atoms with Crippen molar-refractivity contribution >= 4 is 30.0 Å². The summed E-state index contributed by atoms with van der Waals surface area (Å²) < 4.78 is 10.2. The molecule has 0 aromatic heterocycles. The zero-order chi connectivity index (χ0) is 18.5. The van der Waals surface area contributed by atoms with Gasteiger partial charge in [-0.2, -0.15) is 0 Å². The Hall–Kier alpha value is -3.47. The first kappa shape index (κ1) is 17.4. The molecular formula is C21H17NO4. The summed E-state index contributed by atoms with van der Waals surface area (Å²) in [5.74, 6) is -0.289. The topological polar surface area (TPSA) is 65.0 Å². The van der Waals surface area contributed by atoms with Crippen LogP contribution in [0, 0.1) is 6.92 Å². The summed E-state index contributed by atoms with van der Waals surface area (Å²) >= 11 is 0. The molecule has 0 bridgehead atoms. The molecule has 1 aliphatic heterocycles. The number of aliphatic imine (C=N–C) groups is 1. The Balaban J connectivity index is 1.78. The molecule has 0 unspecified atom stereocenters. The lowest BCUT2D eigenvalue weighted by molar-refractivity contribution is -0.132. The van der Waals surface area contributed by atoms with E-state index in [4.69, 9.17) is 9.47 Å². The third-order valence-corrected chi connectivity index (χ3v) is 3.56. The van der Waals surface area contributed by atoms with E-state index in [1.165, 1.54) is 12.5 Å². The number of nitrogens with zero attached hydrogens (tertiary/aromatic N) is 1. The molecule has 3 rings (SSSR count). The molecule has 130 valence electrons. The molecule has 1 aliphatic rings. The van der Waals surface area contributed by atoms with Crippen LogP contribution in [0.5, 0.6) is 5.75 Å². The van der Waals surface area contributed by atoms with Crippen LogP contribution < -0.4 is 4.74 Å². The van der Waals surface area contributed by atoms with Gasteiger partial charge in [-0.3, -0.25) is 4.79 Å². The van der Waals surface area contributed by atoms with E-state index in [0.717, 1.165) is 5.56 Å². The number of ether oxygens (including phenoxy) is 2. The first-order valence-electron chi connectivity index (χ1n) is 8.05. The second-order valence-electron chi connectivity index (χ2n) is 5.78. The summed E-state index contributed by atoms with van der Waals surface area (Å²) in [5.41, 5.74) is 3.03. The third-order valence-electron chi connectivity index (χ3n) is 3.56. The number of hydrogen-bond donors (Lipinski definition) is 0. The average Bonchev–Trinajstić information content (AvgIpc) is 2.94. The molecule has 0 saturated heterocycles. The fraction of sp³-hybridized carbons (Fsp3) is 0.0952. The van der Waals surface area contributed by atoms with Crippen LogP contribution in [-0.4, -0.2) is 17.8 Å². The Kier molecular flexibility index (Phi) is 5.08. The molecule has 0 spiro atoms. The molecule has 0 fully saturated rings. The van der Waals surface area contributed by atoms with Gasteiger partial charge in [-0.25, -0.2) is 9.79 Å². The summed E-state index contributed by atoms with van der Waals surface area (Å²) in [6, 6.07) is 14.8. The predicted octanol–water partition coefficient (Wildman–Crippen LogP) is 3.93. The van der Waals surface area contributed by atoms with Crippen molar-refractivity contribution in [2.75, 3.05) is 0 Å². The number of cyclic esters (lactones) is 1. The van der Waals surface area contributed by atoms with Crippen molar-refractivity contribution in [3.05, 3.63) is 77.0 Å². The first-order chi connectivity index (χ1) is 12.5. The van der Waals surface area contributed by atoms with E-state index in [0.29, 0.717) is 11.3 Å². The second-order valence-corrected chi connectivity index (χ2v) is 5.78. The highest BCUT2D eigenvalue weighted by Gasteiger charge is 2.21. The molecule has 1 heterocycles. The highest BCUT2D eigenvalue weighted by atomic mass is 16.6. The van der Waals surface area contributed by atoms with E-state index >= 15 is 0 Å². The van der Waals surface area contributed by atoms with Gasteiger partial charge in [0.2, 0.25) is 5.90 Å². The van der Waals surface area contributed by atoms with Gasteiger partial charge in [-0.05, 0) is 42.3 Å². The maximum Gasteiger partial charge on any atom is 0.363 e. The predicted molar refractivity (Wildman–Crippen MR) is 99.5 cm³/mol. The molecule has 26 heavy (non-hydrogen) atoms. The second kappa shape index (κ2) is 7.61. The number of carbonyl (C=O) groups excluding carboxylic acids is 2. The summed E-state index contributed by atoms with van der Waals surface area (Å²) in [4.78, 5) is 27.2. The Morgan fingerprint density at radius 3 is 2.58 bits per heavy atom. The minimum atomic E-state index is -0.522. The van der Waals surface area contributed by atoms with Crippen LogP contribution in [0.25, 0.3) is 12.2 Å². The molecule has 0 amide bonds. The van der Waals surface area contributed by atoms with Crippen molar-refractivity contribution in [1.29, 1.82) is 0 Å². The highest BCUT2D eigenvalue weighted by Crippen LogP contribution is 2.20. The number of esters is 2. The molecule has 5 nitrogen and oxygen atoms in total. The van der Waals surface area contributed by atoms with Crippen molar-refractivity contribution in [3.63, 3.8) is 0 Å². The van der Waals surface area contributed by atoms with Gasteiger partial charge in [0.1, 0.15) is 5.75 Å². The van der Waals surface area contributed by atoms with Crippen LogP contribution in [0.4, 0.5) is 0 Å². The SMILES string of the molecule is CC(=O)Oc1cccc(/C=C2N=C(/C=C/c3ccc(C)cc3)OC\2=O)c1. The van der Waals surface area contributed by atoms with Crippen molar-refractivity contribution in [1.82, 2.24) is 0 Å². The minimum absolute atomic E-state index is 0.188. The zero-order valence-corrected chi connectivity index (χ0v) is 14.4. The van der Waals surface area contributed by atoms with Crippen LogP contribution in [0.1, 0.15) is 23.6 Å². The van der Waals surface area contributed by atoms with Gasteiger partial charge in [-0.1, -0.05) is 42.0 Å². The van der Waals surface area contributed by atoms with Gasteiger partial charge < -0.3 is 9.47 Å². The molecule has 0 N–H and O–H groups in total. The van der Waals surface area contributed by atoms with E-state index in [1.54, 1.807) is 36.4 Å². The van der Waals surface area contributed by atoms with Crippen molar-refractivity contribution in [2.24, 2.45) is 4.99 Å². The van der Waals surface area contributed by atoms with Gasteiger partial charge in [0.25, 0.3) is 0 Å². The van der Waals surface area contributed by atoms with E-state index in [2.05, 4.69) is 4.99 Å². The standard InChI is InChI=1S/C21H17NO4/c1-14-6-8-16(9-7-14)10-11-20-22-19(21(24)26-20)13-17-4-3-5-18(12-17)25-15(2)23/h3-13H,1-2H3/b11-10+,19-13-. The summed E-state index contributed by atoms with van der Waals surface area (Å²) in [6.45, 7) is 3.35. The fourth-order valence-electron chi connectivity index (χ4n) is 2.33. The lowest BCUT2D eigenvalue weighted by Gasteiger charge is -2.01. The largest absolute Gasteiger partial charge is 0.427 e. The normalized spacial score (nSPS) is 15.2. The maximum absolute atomic E-state index is 12.0. The van der Waals surface area contributed by atoms with Gasteiger partial charge in [0, 0.05) is 13.0 Å². The molecule has 0 atom stereocenters. The molecule has 2 aromatic carbocycles. The van der Waals surface area contributed by atoms with Gasteiger partial charge >= 0.3 is 11.9 Å². The fourth-order valence-corrected chi connectivity index (χ4v) is 2.33. The Morgan fingerprint density at radius 2 is 1.85 bits per heavy atom. The minimum Gasteiger partial charge on any atom is -0.427 e. The number of carbonyl (C=O) groups is 2. The Labute approximate surface area is 151 Å². The Bertz CT molecular complexity index is 937. The number of benzene rings is 2. The third kappa shape index (κ3) is 4.54. The lowest BCUT2D eigenvalue weighted by atomic mass is 10.1. The monoisotopic (exact) mass is 347 g/mol. The summed E-state index contributed by atoms with van der Waals surface area (Å²) in [7, 11) is 0. The first-order valence-corrected chi connectivity index (χ1v) is 8.05. The van der Waals surface area contributed by atoms with Crippen LogP contribution in [0.3, 0.4) is 0 Å². The van der Waals surface area contributed by atoms with Gasteiger partial charge in [0.05, 0.1) is 0 Å². The van der Waals surface area contributed by atoms with Gasteiger partial charge in [-0.15, -0.1) is 0 Å². The smallest absolute Gasteiger partial charge is 0.363 e. The van der Waals surface area contributed by atoms with Crippen LogP contribution >= 0.6 is 0 Å². The molecule has 2 aromatic rings. The number of rotatable bonds is 4. The van der Waals surface area contributed by atoms with E-state index in [-0.39, 0.29) is 11.6 Å². The molecule has 0 radical (unpaired) electrons. The summed E-state index contributed by atoms with van der Waals surface area (Å²) in [5, 5.41) is 0. The maximum atomic E-state index is 12.0. The van der Waals surface area contributed by atoms with E-state index < -0.39 is 11.9 Å². The lowest BCUT2D eigenvalue weighted by Crippen LogP contribution is -2.02. The van der Waals surface area contributed by atoms with Crippen molar-refractivity contribution in [2.45, 2.75) is 13.8 Å². The molecular weight excluding hydrogens is 330 g/mol. The molecule has 0 saturated carbocycles. The van der Waals surface area contributed by atoms with Crippen LogP contribution in [-0.2, 0) is 14.3 Å². The average molecular weight is 347 g/mol. The number of hydrogen-bond acceptors (Lipinski definition) is 5. The van der Waals surface area contributed by atoms with Crippen LogP contribution in [0.2, 0.25) is 0 Å².